The van der Waals surface area contributed by atoms with E-state index in [0.29, 0.717) is 18.4 Å². The molecule has 2 amide bonds. The molecule has 0 heterocycles. The summed E-state index contributed by atoms with van der Waals surface area (Å²) in [4.78, 5) is 25.5. The number of benzene rings is 2. The van der Waals surface area contributed by atoms with Crippen LogP contribution in [-0.4, -0.2) is 35.9 Å². The van der Waals surface area contributed by atoms with Crippen LogP contribution in [0.15, 0.2) is 48.5 Å². The SMILES string of the molecule is Cc1ccccc1C(=O)NC(=S)Nc1ccc(CCC(=O)N(C)C)cc1. The van der Waals surface area contributed by atoms with Crippen LogP contribution in [0.1, 0.15) is 27.9 Å². The van der Waals surface area contributed by atoms with E-state index < -0.39 is 0 Å². The normalized spacial score (nSPS) is 10.1. The number of aryl methyl sites for hydroxylation is 2. The molecule has 0 atom stereocenters. The number of amides is 2. The number of nitrogens with one attached hydrogen (secondary N) is 2. The summed E-state index contributed by atoms with van der Waals surface area (Å²) < 4.78 is 0. The fraction of sp³-hybridized carbons (Fsp3) is 0.250. The van der Waals surface area contributed by atoms with E-state index in [9.17, 15) is 9.59 Å². The van der Waals surface area contributed by atoms with Crippen molar-refractivity contribution < 1.29 is 9.59 Å². The first-order chi connectivity index (χ1) is 12.4. The lowest BCUT2D eigenvalue weighted by Crippen LogP contribution is -2.34. The van der Waals surface area contributed by atoms with Gasteiger partial charge < -0.3 is 10.2 Å². The van der Waals surface area contributed by atoms with Crippen molar-refractivity contribution in [3.63, 3.8) is 0 Å². The van der Waals surface area contributed by atoms with Crippen LogP contribution in [0, 0.1) is 6.92 Å². The third kappa shape index (κ3) is 5.67. The minimum Gasteiger partial charge on any atom is -0.349 e. The zero-order chi connectivity index (χ0) is 19.1. The van der Waals surface area contributed by atoms with E-state index in [2.05, 4.69) is 10.6 Å². The summed E-state index contributed by atoms with van der Waals surface area (Å²) in [7, 11) is 3.50. The quantitative estimate of drug-likeness (QED) is 0.795. The Bertz CT molecular complexity index is 801. The topological polar surface area (TPSA) is 61.4 Å². The number of thiocarbonyl (C=S) groups is 1. The molecule has 0 aliphatic carbocycles. The van der Waals surface area contributed by atoms with Crippen LogP contribution >= 0.6 is 12.2 Å². The molecule has 0 saturated carbocycles. The second kappa shape index (κ2) is 9.10. The van der Waals surface area contributed by atoms with Gasteiger partial charge in [0.05, 0.1) is 0 Å². The van der Waals surface area contributed by atoms with Crippen LogP contribution < -0.4 is 10.6 Å². The van der Waals surface area contributed by atoms with Crippen LogP contribution in [0.3, 0.4) is 0 Å². The zero-order valence-corrected chi connectivity index (χ0v) is 16.0. The number of rotatable bonds is 5. The van der Waals surface area contributed by atoms with Gasteiger partial charge in [0.25, 0.3) is 5.91 Å². The Balaban J connectivity index is 1.88. The summed E-state index contributed by atoms with van der Waals surface area (Å²) in [5.74, 6) is -0.133. The molecule has 0 saturated heterocycles. The van der Waals surface area contributed by atoms with E-state index in [1.807, 2.05) is 49.4 Å². The highest BCUT2D eigenvalue weighted by Crippen LogP contribution is 2.12. The van der Waals surface area contributed by atoms with Gasteiger partial charge in [-0.3, -0.25) is 14.9 Å². The molecule has 2 N–H and O–H groups in total. The Morgan fingerprint density at radius 3 is 2.31 bits per heavy atom. The zero-order valence-electron chi connectivity index (χ0n) is 15.2. The number of nitrogens with zero attached hydrogens (tertiary/aromatic N) is 1. The molecule has 136 valence electrons. The second-order valence-electron chi connectivity index (χ2n) is 6.21. The standard InChI is InChI=1S/C20H23N3O2S/c1-14-6-4-5-7-17(14)19(25)22-20(26)21-16-11-8-15(9-12-16)10-13-18(24)23(2)3/h4-9,11-12H,10,13H2,1-3H3,(H2,21,22,25,26). The largest absolute Gasteiger partial charge is 0.349 e. The lowest BCUT2D eigenvalue weighted by atomic mass is 10.1. The molecule has 2 aromatic carbocycles. The molecule has 0 aliphatic rings. The van der Waals surface area contributed by atoms with Gasteiger partial charge in [0, 0.05) is 31.8 Å². The van der Waals surface area contributed by atoms with Crippen molar-refractivity contribution in [3.05, 3.63) is 65.2 Å². The first-order valence-corrected chi connectivity index (χ1v) is 8.74. The van der Waals surface area contributed by atoms with Crippen molar-refractivity contribution in [1.29, 1.82) is 0 Å². The van der Waals surface area contributed by atoms with Crippen LogP contribution in [0.5, 0.6) is 0 Å². The molecule has 6 heteroatoms. The first kappa shape index (κ1) is 19.6. The molecule has 0 fully saturated rings. The predicted octanol–water partition coefficient (Wildman–Crippen LogP) is 3.14. The molecule has 0 radical (unpaired) electrons. The summed E-state index contributed by atoms with van der Waals surface area (Å²) in [5.41, 5.74) is 3.34. The number of anilines is 1. The number of hydrogen-bond acceptors (Lipinski definition) is 3. The highest BCUT2D eigenvalue weighted by Gasteiger charge is 2.10. The predicted molar refractivity (Wildman–Crippen MR) is 108 cm³/mol. The van der Waals surface area contributed by atoms with E-state index in [-0.39, 0.29) is 16.9 Å². The minimum absolute atomic E-state index is 0.104. The third-order valence-electron chi connectivity index (χ3n) is 3.95. The Labute approximate surface area is 159 Å². The molecular weight excluding hydrogens is 346 g/mol. The van der Waals surface area contributed by atoms with Crippen molar-refractivity contribution in [3.8, 4) is 0 Å². The van der Waals surface area contributed by atoms with Crippen LogP contribution in [0.25, 0.3) is 0 Å². The Morgan fingerprint density at radius 2 is 1.69 bits per heavy atom. The first-order valence-electron chi connectivity index (χ1n) is 8.34. The highest BCUT2D eigenvalue weighted by molar-refractivity contribution is 7.80. The molecular formula is C20H23N3O2S. The van der Waals surface area contributed by atoms with E-state index in [0.717, 1.165) is 16.8 Å². The Kier molecular flexibility index (Phi) is 6.86. The van der Waals surface area contributed by atoms with Gasteiger partial charge in [0.2, 0.25) is 5.91 Å². The fourth-order valence-corrected chi connectivity index (χ4v) is 2.60. The van der Waals surface area contributed by atoms with Crippen LogP contribution in [0.4, 0.5) is 5.69 Å². The van der Waals surface area contributed by atoms with Crippen molar-refractivity contribution in [2.75, 3.05) is 19.4 Å². The van der Waals surface area contributed by atoms with E-state index in [1.165, 1.54) is 0 Å². The van der Waals surface area contributed by atoms with Crippen LogP contribution in [-0.2, 0) is 11.2 Å². The summed E-state index contributed by atoms with van der Waals surface area (Å²) in [6, 6.07) is 15.0. The number of carbonyl (C=O) groups is 2. The molecule has 0 aliphatic heterocycles. The molecule has 2 aromatic rings. The van der Waals surface area contributed by atoms with Gasteiger partial charge in [-0.1, -0.05) is 30.3 Å². The van der Waals surface area contributed by atoms with Crippen molar-refractivity contribution in [2.45, 2.75) is 19.8 Å². The number of carbonyl (C=O) groups excluding carboxylic acids is 2. The Hall–Kier alpha value is -2.73. The molecule has 0 unspecified atom stereocenters. The van der Waals surface area contributed by atoms with Gasteiger partial charge in [0.15, 0.2) is 5.11 Å². The van der Waals surface area contributed by atoms with Crippen molar-refractivity contribution in [1.82, 2.24) is 10.2 Å². The molecule has 26 heavy (non-hydrogen) atoms. The molecule has 0 aromatic heterocycles. The third-order valence-corrected chi connectivity index (χ3v) is 4.16. The highest BCUT2D eigenvalue weighted by atomic mass is 32.1. The van der Waals surface area contributed by atoms with Crippen molar-refractivity contribution in [2.24, 2.45) is 0 Å². The van der Waals surface area contributed by atoms with Gasteiger partial charge in [0.1, 0.15) is 0 Å². The van der Waals surface area contributed by atoms with Gasteiger partial charge in [-0.25, -0.2) is 0 Å². The van der Waals surface area contributed by atoms with E-state index in [4.69, 9.17) is 12.2 Å². The van der Waals surface area contributed by atoms with Crippen LogP contribution in [0.2, 0.25) is 0 Å². The lowest BCUT2D eigenvalue weighted by Gasteiger charge is -2.12. The lowest BCUT2D eigenvalue weighted by molar-refractivity contribution is -0.128. The minimum atomic E-state index is -0.237. The molecule has 0 spiro atoms. The summed E-state index contributed by atoms with van der Waals surface area (Å²) in [5, 5.41) is 5.92. The van der Waals surface area contributed by atoms with Gasteiger partial charge in [-0.05, 0) is 54.9 Å². The second-order valence-corrected chi connectivity index (χ2v) is 6.62. The summed E-state index contributed by atoms with van der Waals surface area (Å²) in [6.07, 6.45) is 1.16. The van der Waals surface area contributed by atoms with Gasteiger partial charge in [-0.15, -0.1) is 0 Å². The van der Waals surface area contributed by atoms with Gasteiger partial charge in [-0.2, -0.15) is 0 Å². The molecule has 5 nitrogen and oxygen atoms in total. The molecule has 2 rings (SSSR count). The monoisotopic (exact) mass is 369 g/mol. The maximum atomic E-state index is 12.2. The average Bonchev–Trinajstić information content (AvgIpc) is 2.60. The average molecular weight is 369 g/mol. The maximum Gasteiger partial charge on any atom is 0.257 e. The van der Waals surface area contributed by atoms with E-state index in [1.54, 1.807) is 25.1 Å². The fourth-order valence-electron chi connectivity index (χ4n) is 2.39. The van der Waals surface area contributed by atoms with E-state index >= 15 is 0 Å². The summed E-state index contributed by atoms with van der Waals surface area (Å²) in [6.45, 7) is 1.88. The Morgan fingerprint density at radius 1 is 1.04 bits per heavy atom. The molecule has 0 bridgehead atoms. The maximum absolute atomic E-state index is 12.2. The van der Waals surface area contributed by atoms with Crippen molar-refractivity contribution >= 4 is 34.8 Å². The summed E-state index contributed by atoms with van der Waals surface area (Å²) >= 11 is 5.21. The van der Waals surface area contributed by atoms with Gasteiger partial charge >= 0.3 is 0 Å². The number of hydrogen-bond donors (Lipinski definition) is 2. The smallest absolute Gasteiger partial charge is 0.257 e.